The third-order valence-electron chi connectivity index (χ3n) is 2.89. The number of esters is 1. The highest BCUT2D eigenvalue weighted by Gasteiger charge is 2.21. The Morgan fingerprint density at radius 2 is 1.31 bits per heavy atom. The first-order valence-electron chi connectivity index (χ1n) is 8.44. The predicted octanol–water partition coefficient (Wildman–Crippen LogP) is -2.65. The molecule has 0 aliphatic heterocycles. The van der Waals surface area contributed by atoms with Gasteiger partial charge in [-0.05, 0) is 0 Å². The summed E-state index contributed by atoms with van der Waals surface area (Å²) in [5.41, 5.74) is 0. The minimum absolute atomic E-state index is 0.249. The molecule has 0 fully saturated rings. The summed E-state index contributed by atoms with van der Waals surface area (Å²) in [4.78, 5) is 31.5. The van der Waals surface area contributed by atoms with Crippen molar-refractivity contribution in [2.45, 2.75) is 38.4 Å². The van der Waals surface area contributed by atoms with E-state index in [4.69, 9.17) is 9.84 Å². The van der Waals surface area contributed by atoms with Gasteiger partial charge in [0.05, 0.1) is 42.3 Å². The lowest BCUT2D eigenvalue weighted by Gasteiger charge is -2.29. The van der Waals surface area contributed by atoms with Crippen molar-refractivity contribution in [2.24, 2.45) is 0 Å². The monoisotopic (exact) mass is 378 g/mol. The minimum atomic E-state index is -1.20. The first-order chi connectivity index (χ1) is 11.6. The molecule has 0 saturated heterocycles. The fourth-order valence-corrected chi connectivity index (χ4v) is 2.10. The number of carboxylic acid groups (broad SMARTS) is 2. The fourth-order valence-electron chi connectivity index (χ4n) is 2.10. The van der Waals surface area contributed by atoms with Crippen molar-refractivity contribution in [3.8, 4) is 0 Å². The quantitative estimate of drug-likeness (QED) is 0.325. The van der Waals surface area contributed by atoms with Crippen LogP contribution in [0.3, 0.4) is 0 Å². The van der Waals surface area contributed by atoms with Crippen molar-refractivity contribution >= 4 is 17.9 Å². The summed E-state index contributed by atoms with van der Waals surface area (Å²) in [7, 11) is 11.4. The number of nitrogens with zero attached hydrogens (tertiary/aromatic N) is 2. The van der Waals surface area contributed by atoms with E-state index in [1.165, 1.54) is 0 Å². The van der Waals surface area contributed by atoms with Gasteiger partial charge in [-0.2, -0.15) is 0 Å². The van der Waals surface area contributed by atoms with Gasteiger partial charge in [0.25, 0.3) is 0 Å². The molecule has 0 spiro atoms. The molecule has 0 bridgehead atoms. The Labute approximate surface area is 156 Å². The van der Waals surface area contributed by atoms with E-state index in [-0.39, 0.29) is 25.2 Å². The molecule has 2 unspecified atom stereocenters. The zero-order valence-corrected chi connectivity index (χ0v) is 17.0. The zero-order chi connectivity index (χ0) is 21.1. The molecule has 0 rings (SSSR count). The van der Waals surface area contributed by atoms with E-state index in [2.05, 4.69) is 0 Å². The zero-order valence-electron chi connectivity index (χ0n) is 17.0. The molecule has 154 valence electrons. The average molecular weight is 378 g/mol. The standard InChI is InChI=1S/C10H19NO4.C7H15NO3/c1-5-10(14)15-8(6-9(12)13)7-11(2,3)4;1-8(2,3)5-6(9)4-7(10)11/h8H,5-7H2,1-4H3;6,9H,4-5H2,1-3H3. The molecular formula is C17H34N2O7. The number of ether oxygens (including phenoxy) is 1. The number of carboxylic acids is 2. The van der Waals surface area contributed by atoms with Crippen molar-refractivity contribution in [1.29, 1.82) is 0 Å². The molecule has 9 nitrogen and oxygen atoms in total. The molecule has 0 aliphatic carbocycles. The van der Waals surface area contributed by atoms with Crippen LogP contribution in [0.1, 0.15) is 26.2 Å². The van der Waals surface area contributed by atoms with Gasteiger partial charge in [0, 0.05) is 31.2 Å². The van der Waals surface area contributed by atoms with Crippen LogP contribution < -0.4 is 10.2 Å². The van der Waals surface area contributed by atoms with E-state index in [0.29, 0.717) is 22.1 Å². The molecule has 26 heavy (non-hydrogen) atoms. The second-order valence-corrected chi connectivity index (χ2v) is 8.22. The lowest BCUT2D eigenvalue weighted by Crippen LogP contribution is -2.45. The molecule has 1 N–H and O–H groups in total. The number of aliphatic carboxylic acids is 2. The number of carbonyl (C=O) groups is 3. The highest BCUT2D eigenvalue weighted by Crippen LogP contribution is 2.05. The topological polar surface area (TPSA) is 127 Å². The maximum absolute atomic E-state index is 11.0. The smallest absolute Gasteiger partial charge is 0.306 e. The van der Waals surface area contributed by atoms with E-state index in [9.17, 15) is 24.6 Å². The van der Waals surface area contributed by atoms with Gasteiger partial charge < -0.3 is 38.6 Å². The number of likely N-dealkylation sites (N-methyl/N-ethyl adjacent to an activating group) is 2. The predicted molar refractivity (Wildman–Crippen MR) is 91.2 cm³/mol. The number of carbonyl (C=O) groups excluding carboxylic acids is 3. The van der Waals surface area contributed by atoms with Crippen molar-refractivity contribution < 1.29 is 43.4 Å². The van der Waals surface area contributed by atoms with Crippen LogP contribution in [-0.4, -0.2) is 99.6 Å². The molecule has 0 saturated carbocycles. The molecule has 9 heteroatoms. The van der Waals surface area contributed by atoms with Crippen LogP contribution in [0.25, 0.3) is 0 Å². The van der Waals surface area contributed by atoms with Crippen LogP contribution >= 0.6 is 0 Å². The second-order valence-electron chi connectivity index (χ2n) is 8.22. The van der Waals surface area contributed by atoms with Crippen molar-refractivity contribution in [2.75, 3.05) is 55.4 Å². The molecule has 2 atom stereocenters. The lowest BCUT2D eigenvalue weighted by atomic mass is 10.2. The van der Waals surface area contributed by atoms with Gasteiger partial charge in [0.2, 0.25) is 0 Å². The first kappa shape index (κ1) is 26.5. The number of hydrogen-bond donors (Lipinski definition) is 1. The molecule has 0 aromatic rings. The third kappa shape index (κ3) is 20.3. The summed E-state index contributed by atoms with van der Waals surface area (Å²) in [5, 5.41) is 29.6. The van der Waals surface area contributed by atoms with E-state index >= 15 is 0 Å². The maximum Gasteiger partial charge on any atom is 0.306 e. The SMILES string of the molecule is CCC(=O)OC(CC(=O)[O-])C[N+](C)(C)C.C[N+](C)(C)CC(O)CC(=O)[O-]. The molecule has 0 radical (unpaired) electrons. The number of aliphatic hydroxyl groups is 1. The van der Waals surface area contributed by atoms with Gasteiger partial charge in [0.15, 0.2) is 6.10 Å². The van der Waals surface area contributed by atoms with E-state index in [0.717, 1.165) is 0 Å². The Hall–Kier alpha value is -1.71. The summed E-state index contributed by atoms with van der Waals surface area (Å²) in [5.74, 6) is -2.78. The molecule has 0 heterocycles. The number of rotatable bonds is 10. The molecule has 0 aromatic heterocycles. The van der Waals surface area contributed by atoms with Crippen LogP contribution in [0.5, 0.6) is 0 Å². The molecule has 0 aliphatic rings. The van der Waals surface area contributed by atoms with E-state index < -0.39 is 24.1 Å². The highest BCUT2D eigenvalue weighted by atomic mass is 16.5. The molecular weight excluding hydrogens is 344 g/mol. The maximum atomic E-state index is 11.0. The van der Waals surface area contributed by atoms with Gasteiger partial charge >= 0.3 is 5.97 Å². The number of quaternary nitrogens is 2. The molecule has 0 amide bonds. The third-order valence-corrected chi connectivity index (χ3v) is 2.89. The Bertz CT molecular complexity index is 453. The van der Waals surface area contributed by atoms with Crippen molar-refractivity contribution in [3.63, 3.8) is 0 Å². The van der Waals surface area contributed by atoms with Crippen molar-refractivity contribution in [3.05, 3.63) is 0 Å². The summed E-state index contributed by atoms with van der Waals surface area (Å²) in [6.07, 6.45) is -1.69. The average Bonchev–Trinajstić information content (AvgIpc) is 2.32. The Balaban J connectivity index is 0. The van der Waals surface area contributed by atoms with Crippen LogP contribution in [0.2, 0.25) is 0 Å². The summed E-state index contributed by atoms with van der Waals surface area (Å²) < 4.78 is 6.10. The minimum Gasteiger partial charge on any atom is -0.550 e. The number of hydrogen-bond acceptors (Lipinski definition) is 7. The lowest BCUT2D eigenvalue weighted by molar-refractivity contribution is -0.873. The van der Waals surface area contributed by atoms with E-state index in [1.54, 1.807) is 6.92 Å². The Kier molecular flexibility index (Phi) is 12.1. The second kappa shape index (κ2) is 11.8. The normalized spacial score (nSPS) is 13.8. The first-order valence-corrected chi connectivity index (χ1v) is 8.44. The highest BCUT2D eigenvalue weighted by molar-refractivity contribution is 5.70. The van der Waals surface area contributed by atoms with E-state index in [1.807, 2.05) is 42.3 Å². The number of aliphatic hydroxyl groups excluding tert-OH is 1. The summed E-state index contributed by atoms with van der Waals surface area (Å²) in [6.45, 7) is 2.55. The van der Waals surface area contributed by atoms with Gasteiger partial charge in [-0.1, -0.05) is 6.92 Å². The Morgan fingerprint density at radius 1 is 0.885 bits per heavy atom. The van der Waals surface area contributed by atoms with Gasteiger partial charge in [-0.3, -0.25) is 4.79 Å². The van der Waals surface area contributed by atoms with Crippen molar-refractivity contribution in [1.82, 2.24) is 0 Å². The van der Waals surface area contributed by atoms with Crippen LogP contribution in [0, 0.1) is 0 Å². The largest absolute Gasteiger partial charge is 0.550 e. The van der Waals surface area contributed by atoms with Crippen LogP contribution in [-0.2, 0) is 19.1 Å². The van der Waals surface area contributed by atoms with Gasteiger partial charge in [-0.25, -0.2) is 0 Å². The van der Waals surface area contributed by atoms with Crippen LogP contribution in [0.4, 0.5) is 0 Å². The molecule has 0 aromatic carbocycles. The van der Waals surface area contributed by atoms with Gasteiger partial charge in [0.1, 0.15) is 19.2 Å². The van der Waals surface area contributed by atoms with Crippen LogP contribution in [0.15, 0.2) is 0 Å². The van der Waals surface area contributed by atoms with Gasteiger partial charge in [-0.15, -0.1) is 0 Å². The Morgan fingerprint density at radius 3 is 1.62 bits per heavy atom. The fraction of sp³-hybridized carbons (Fsp3) is 0.824. The summed E-state index contributed by atoms with van der Waals surface area (Å²) >= 11 is 0. The summed E-state index contributed by atoms with van der Waals surface area (Å²) in [6, 6.07) is 0.